The Bertz CT molecular complexity index is 402. The molecule has 98 valence electrons. The zero-order valence-electron chi connectivity index (χ0n) is 11.4. The van der Waals surface area contributed by atoms with Crippen LogP contribution in [0.15, 0.2) is 30.3 Å². The summed E-state index contributed by atoms with van der Waals surface area (Å²) in [5.41, 5.74) is 1.12. The van der Waals surface area contributed by atoms with Gasteiger partial charge in [-0.15, -0.1) is 0 Å². The molecule has 4 nitrogen and oxygen atoms in total. The molecule has 1 aliphatic heterocycles. The fourth-order valence-electron chi connectivity index (χ4n) is 2.39. The van der Waals surface area contributed by atoms with Crippen LogP contribution < -0.4 is 4.90 Å². The standard InChI is InChI=1S/C14H22N4/c1-16(2)10-9-13-11-17(3)14(15)18(13)12-7-5-4-6-8-12/h4-8,13,15H,9-11H2,1-3H3. The van der Waals surface area contributed by atoms with Crippen molar-refractivity contribution < 1.29 is 0 Å². The highest BCUT2D eigenvalue weighted by Gasteiger charge is 2.32. The molecule has 0 amide bonds. The molecule has 1 saturated heterocycles. The predicted octanol–water partition coefficient (Wildman–Crippen LogP) is 1.69. The third kappa shape index (κ3) is 2.64. The lowest BCUT2D eigenvalue weighted by Gasteiger charge is -2.26. The van der Waals surface area contributed by atoms with Crippen molar-refractivity contribution in [2.24, 2.45) is 0 Å². The van der Waals surface area contributed by atoms with E-state index in [1.165, 1.54) is 0 Å². The van der Waals surface area contributed by atoms with Gasteiger partial charge < -0.3 is 14.7 Å². The van der Waals surface area contributed by atoms with Gasteiger partial charge in [0.2, 0.25) is 0 Å². The van der Waals surface area contributed by atoms with Gasteiger partial charge in [0.15, 0.2) is 5.96 Å². The first-order chi connectivity index (χ1) is 8.59. The lowest BCUT2D eigenvalue weighted by Crippen LogP contribution is -2.36. The zero-order valence-corrected chi connectivity index (χ0v) is 11.4. The van der Waals surface area contributed by atoms with E-state index in [1.807, 2.05) is 30.1 Å². The van der Waals surface area contributed by atoms with Gasteiger partial charge in [-0.1, -0.05) is 18.2 Å². The van der Waals surface area contributed by atoms with E-state index in [9.17, 15) is 0 Å². The van der Waals surface area contributed by atoms with Crippen LogP contribution in [0.2, 0.25) is 0 Å². The van der Waals surface area contributed by atoms with Crippen LogP contribution in [0, 0.1) is 5.41 Å². The first kappa shape index (κ1) is 12.9. The van der Waals surface area contributed by atoms with Crippen molar-refractivity contribution in [1.82, 2.24) is 9.80 Å². The van der Waals surface area contributed by atoms with Crippen LogP contribution >= 0.6 is 0 Å². The summed E-state index contributed by atoms with van der Waals surface area (Å²) in [5.74, 6) is 0.602. The van der Waals surface area contributed by atoms with E-state index in [0.717, 1.165) is 25.2 Å². The van der Waals surface area contributed by atoms with E-state index >= 15 is 0 Å². The fourth-order valence-corrected chi connectivity index (χ4v) is 2.39. The quantitative estimate of drug-likeness (QED) is 0.878. The van der Waals surface area contributed by atoms with Crippen LogP contribution in [0.4, 0.5) is 5.69 Å². The number of hydrogen-bond acceptors (Lipinski definition) is 2. The van der Waals surface area contributed by atoms with Gasteiger partial charge >= 0.3 is 0 Å². The molecule has 0 spiro atoms. The Morgan fingerprint density at radius 1 is 1.28 bits per heavy atom. The summed E-state index contributed by atoms with van der Waals surface area (Å²) in [4.78, 5) is 6.36. The minimum atomic E-state index is 0.396. The van der Waals surface area contributed by atoms with Gasteiger partial charge in [-0.3, -0.25) is 5.41 Å². The van der Waals surface area contributed by atoms with Gasteiger partial charge in [0.05, 0.1) is 6.04 Å². The molecule has 18 heavy (non-hydrogen) atoms. The molecule has 1 aromatic rings. The molecular formula is C14H22N4. The summed E-state index contributed by atoms with van der Waals surface area (Å²) in [5, 5.41) is 8.20. The summed E-state index contributed by atoms with van der Waals surface area (Å²) < 4.78 is 0. The van der Waals surface area contributed by atoms with Crippen molar-refractivity contribution in [2.45, 2.75) is 12.5 Å². The van der Waals surface area contributed by atoms with E-state index in [4.69, 9.17) is 5.41 Å². The number of nitrogens with one attached hydrogen (secondary N) is 1. The lowest BCUT2D eigenvalue weighted by atomic mass is 10.1. The molecule has 1 fully saturated rings. The van der Waals surface area contributed by atoms with Crippen LogP contribution in [0.3, 0.4) is 0 Å². The highest BCUT2D eigenvalue weighted by Crippen LogP contribution is 2.24. The van der Waals surface area contributed by atoms with Gasteiger partial charge in [-0.05, 0) is 39.2 Å². The average molecular weight is 246 g/mol. The molecule has 1 unspecified atom stereocenters. The Balaban J connectivity index is 2.16. The molecule has 0 bridgehead atoms. The van der Waals surface area contributed by atoms with Crippen molar-refractivity contribution in [3.63, 3.8) is 0 Å². The molecule has 0 aromatic heterocycles. The molecule has 1 aliphatic rings. The Morgan fingerprint density at radius 2 is 1.94 bits per heavy atom. The third-order valence-electron chi connectivity index (χ3n) is 3.38. The van der Waals surface area contributed by atoms with Crippen molar-refractivity contribution in [2.75, 3.05) is 39.1 Å². The third-order valence-corrected chi connectivity index (χ3v) is 3.38. The summed E-state index contributed by atoms with van der Waals surface area (Å²) in [6, 6.07) is 10.6. The molecule has 2 rings (SSSR count). The summed E-state index contributed by atoms with van der Waals surface area (Å²) in [7, 11) is 6.18. The molecule has 1 aromatic carbocycles. The number of benzene rings is 1. The second-order valence-corrected chi connectivity index (χ2v) is 5.16. The van der Waals surface area contributed by atoms with E-state index in [0.29, 0.717) is 12.0 Å². The van der Waals surface area contributed by atoms with Gasteiger partial charge in [0.25, 0.3) is 0 Å². The van der Waals surface area contributed by atoms with Gasteiger partial charge in [0.1, 0.15) is 0 Å². The molecule has 0 radical (unpaired) electrons. The smallest absolute Gasteiger partial charge is 0.198 e. The normalized spacial score (nSPS) is 20.0. The molecule has 0 saturated carbocycles. The van der Waals surface area contributed by atoms with Gasteiger partial charge in [0, 0.05) is 19.3 Å². The molecule has 1 N–H and O–H groups in total. The van der Waals surface area contributed by atoms with Gasteiger partial charge in [-0.2, -0.15) is 0 Å². The highest BCUT2D eigenvalue weighted by atomic mass is 15.4. The second kappa shape index (κ2) is 5.40. The van der Waals surface area contributed by atoms with Crippen LogP contribution in [0.1, 0.15) is 6.42 Å². The van der Waals surface area contributed by atoms with Crippen molar-refractivity contribution in [3.05, 3.63) is 30.3 Å². The molecule has 0 aliphatic carbocycles. The van der Waals surface area contributed by atoms with Crippen molar-refractivity contribution in [3.8, 4) is 0 Å². The maximum atomic E-state index is 8.20. The second-order valence-electron chi connectivity index (χ2n) is 5.16. The highest BCUT2D eigenvalue weighted by molar-refractivity contribution is 5.96. The Kier molecular flexibility index (Phi) is 3.87. The molecular weight excluding hydrogens is 224 g/mol. The monoisotopic (exact) mass is 246 g/mol. The number of nitrogens with zero attached hydrogens (tertiary/aromatic N) is 3. The molecule has 4 heteroatoms. The predicted molar refractivity (Wildman–Crippen MR) is 76.2 cm³/mol. The van der Waals surface area contributed by atoms with E-state index in [-0.39, 0.29) is 0 Å². The summed E-state index contributed by atoms with van der Waals surface area (Å²) in [6.45, 7) is 1.98. The van der Waals surface area contributed by atoms with Crippen LogP contribution in [0.25, 0.3) is 0 Å². The van der Waals surface area contributed by atoms with Crippen molar-refractivity contribution >= 4 is 11.6 Å². The minimum absolute atomic E-state index is 0.396. The number of anilines is 1. The lowest BCUT2D eigenvalue weighted by molar-refractivity contribution is 0.373. The van der Waals surface area contributed by atoms with E-state index in [1.54, 1.807) is 0 Å². The largest absolute Gasteiger partial charge is 0.344 e. The number of guanidine groups is 1. The SMILES string of the molecule is CN(C)CCC1CN(C)C(=N)N1c1ccccc1. The van der Waals surface area contributed by atoms with Crippen LogP contribution in [0.5, 0.6) is 0 Å². The average Bonchev–Trinajstić information content (AvgIpc) is 2.64. The van der Waals surface area contributed by atoms with Crippen molar-refractivity contribution in [1.29, 1.82) is 5.41 Å². The Morgan fingerprint density at radius 3 is 2.56 bits per heavy atom. The van der Waals surface area contributed by atoms with Gasteiger partial charge in [-0.25, -0.2) is 0 Å². The van der Waals surface area contributed by atoms with E-state index in [2.05, 4.69) is 36.0 Å². The first-order valence-corrected chi connectivity index (χ1v) is 6.38. The zero-order chi connectivity index (χ0) is 13.1. The molecule has 1 atom stereocenters. The van der Waals surface area contributed by atoms with Crippen LogP contribution in [-0.2, 0) is 0 Å². The maximum absolute atomic E-state index is 8.20. The minimum Gasteiger partial charge on any atom is -0.344 e. The van der Waals surface area contributed by atoms with E-state index < -0.39 is 0 Å². The van der Waals surface area contributed by atoms with Crippen LogP contribution in [-0.4, -0.2) is 56.0 Å². The number of likely N-dealkylation sites (N-methyl/N-ethyl adjacent to an activating group) is 1. The summed E-state index contributed by atoms with van der Waals surface area (Å²) >= 11 is 0. The number of para-hydroxylation sites is 1. The first-order valence-electron chi connectivity index (χ1n) is 6.38. The maximum Gasteiger partial charge on any atom is 0.198 e. The Labute approximate surface area is 109 Å². The Hall–Kier alpha value is -1.55. The molecule has 1 heterocycles. The fraction of sp³-hybridized carbons (Fsp3) is 0.500. The summed E-state index contributed by atoms with van der Waals surface area (Å²) in [6.07, 6.45) is 1.08. The topological polar surface area (TPSA) is 33.6 Å². The number of hydrogen-bond donors (Lipinski definition) is 1. The number of rotatable bonds is 4.